The van der Waals surface area contributed by atoms with Crippen molar-refractivity contribution in [3.05, 3.63) is 62.2 Å². The summed E-state index contributed by atoms with van der Waals surface area (Å²) in [4.78, 5) is 20.8. The minimum Gasteiger partial charge on any atom is -0.264 e. The molecule has 0 amide bonds. The molecule has 0 saturated carbocycles. The van der Waals surface area contributed by atoms with E-state index in [2.05, 4.69) is 0 Å². The van der Waals surface area contributed by atoms with E-state index >= 15 is 0 Å². The zero-order valence-electron chi connectivity index (χ0n) is 9.56. The van der Waals surface area contributed by atoms with Gasteiger partial charge < -0.3 is 0 Å². The lowest BCUT2D eigenvalue weighted by Gasteiger charge is -2.22. The molecule has 2 atom stereocenters. The van der Waals surface area contributed by atoms with Crippen molar-refractivity contribution in [3.63, 3.8) is 0 Å². The van der Waals surface area contributed by atoms with Gasteiger partial charge in [-0.1, -0.05) is 24.3 Å². The van der Waals surface area contributed by atoms with Gasteiger partial charge in [-0.25, -0.2) is 0 Å². The summed E-state index contributed by atoms with van der Waals surface area (Å²) < 4.78 is 0. The molecular weight excluding hydrogens is 236 g/mol. The zero-order chi connectivity index (χ0) is 13.1. The van der Waals surface area contributed by atoms with E-state index < -0.39 is 11.0 Å². The van der Waals surface area contributed by atoms with Crippen LogP contribution in [-0.4, -0.2) is 15.9 Å². The molecule has 0 saturated heterocycles. The Morgan fingerprint density at radius 1 is 1.00 bits per heavy atom. The lowest BCUT2D eigenvalue weighted by atomic mass is 9.84. The highest BCUT2D eigenvalue weighted by Gasteiger charge is 2.33. The fourth-order valence-corrected chi connectivity index (χ4v) is 2.23. The van der Waals surface area contributed by atoms with E-state index in [1.165, 1.54) is 12.1 Å². The molecule has 1 aliphatic rings. The smallest absolute Gasteiger partial charge is 0.264 e. The van der Waals surface area contributed by atoms with Gasteiger partial charge in [0, 0.05) is 23.5 Å². The maximum Gasteiger partial charge on any atom is 0.269 e. The van der Waals surface area contributed by atoms with E-state index in [0.717, 1.165) is 5.56 Å². The van der Waals surface area contributed by atoms with Gasteiger partial charge in [-0.15, -0.1) is 0 Å². The fourth-order valence-electron chi connectivity index (χ4n) is 2.23. The Hall–Kier alpha value is -2.24. The third kappa shape index (κ3) is 2.37. The number of non-ortho nitro benzene ring substituents is 1. The first-order valence-corrected chi connectivity index (χ1v) is 5.62. The van der Waals surface area contributed by atoms with E-state index in [-0.39, 0.29) is 16.5 Å². The van der Waals surface area contributed by atoms with Crippen molar-refractivity contribution >= 4 is 5.69 Å². The number of hydrogen-bond acceptors (Lipinski definition) is 4. The third-order valence-corrected chi connectivity index (χ3v) is 3.20. The normalized spacial score (nSPS) is 22.7. The van der Waals surface area contributed by atoms with Crippen molar-refractivity contribution in [1.82, 2.24) is 0 Å². The van der Waals surface area contributed by atoms with Crippen LogP contribution in [0.2, 0.25) is 0 Å². The summed E-state index contributed by atoms with van der Waals surface area (Å²) >= 11 is 0. The highest BCUT2D eigenvalue weighted by molar-refractivity contribution is 5.35. The monoisotopic (exact) mass is 248 g/mol. The van der Waals surface area contributed by atoms with E-state index in [9.17, 15) is 20.2 Å². The molecule has 0 aliphatic heterocycles. The summed E-state index contributed by atoms with van der Waals surface area (Å²) in [5.74, 6) is -0.203. The van der Waals surface area contributed by atoms with Crippen LogP contribution in [-0.2, 0) is 0 Å². The summed E-state index contributed by atoms with van der Waals surface area (Å²) in [6.45, 7) is 0. The molecule has 0 N–H and O–H groups in total. The standard InChI is InChI=1S/C12H12N2O4/c15-13(16)10-7-5-9(6-8-10)11-3-1-2-4-12(11)14(17)18/h1-2,5-8,11-12H,3-4H2/t11-,12+/m1/s1. The first kappa shape index (κ1) is 12.2. The first-order chi connectivity index (χ1) is 8.59. The minimum atomic E-state index is -0.642. The lowest BCUT2D eigenvalue weighted by molar-refractivity contribution is -0.526. The molecule has 6 nitrogen and oxygen atoms in total. The van der Waals surface area contributed by atoms with E-state index in [4.69, 9.17) is 0 Å². The van der Waals surface area contributed by atoms with Crippen molar-refractivity contribution < 1.29 is 9.85 Å². The zero-order valence-corrected chi connectivity index (χ0v) is 9.56. The van der Waals surface area contributed by atoms with Crippen LogP contribution in [0, 0.1) is 20.2 Å². The number of allylic oxidation sites excluding steroid dienone is 1. The third-order valence-electron chi connectivity index (χ3n) is 3.20. The van der Waals surface area contributed by atoms with E-state index in [1.807, 2.05) is 12.2 Å². The van der Waals surface area contributed by atoms with Crippen molar-refractivity contribution in [2.45, 2.75) is 24.8 Å². The lowest BCUT2D eigenvalue weighted by Crippen LogP contribution is -2.28. The van der Waals surface area contributed by atoms with Gasteiger partial charge in [0.25, 0.3) is 5.69 Å². The van der Waals surface area contributed by atoms with Gasteiger partial charge >= 0.3 is 0 Å². The summed E-state index contributed by atoms with van der Waals surface area (Å²) in [6.07, 6.45) is 4.75. The molecule has 1 aromatic rings. The Bertz CT molecular complexity index is 495. The van der Waals surface area contributed by atoms with Crippen molar-refractivity contribution in [3.8, 4) is 0 Å². The fraction of sp³-hybridized carbons (Fsp3) is 0.333. The molecule has 94 valence electrons. The molecule has 1 aliphatic carbocycles. The molecule has 0 spiro atoms. The van der Waals surface area contributed by atoms with Gasteiger partial charge in [0.2, 0.25) is 6.04 Å². The van der Waals surface area contributed by atoms with Crippen LogP contribution in [0.4, 0.5) is 5.69 Å². The van der Waals surface area contributed by atoms with Gasteiger partial charge in [0.05, 0.1) is 10.8 Å². The van der Waals surface area contributed by atoms with Crippen LogP contribution >= 0.6 is 0 Å². The maximum atomic E-state index is 11.0. The van der Waals surface area contributed by atoms with Crippen LogP contribution in [0.3, 0.4) is 0 Å². The predicted molar refractivity (Wildman–Crippen MR) is 65.0 cm³/mol. The van der Waals surface area contributed by atoms with Gasteiger partial charge in [0.1, 0.15) is 0 Å². The van der Waals surface area contributed by atoms with Crippen LogP contribution < -0.4 is 0 Å². The van der Waals surface area contributed by atoms with Gasteiger partial charge in [0.15, 0.2) is 0 Å². The quantitative estimate of drug-likeness (QED) is 0.467. The molecule has 18 heavy (non-hydrogen) atoms. The Kier molecular flexibility index (Phi) is 3.36. The first-order valence-electron chi connectivity index (χ1n) is 5.62. The molecule has 0 fully saturated rings. The van der Waals surface area contributed by atoms with E-state index in [0.29, 0.717) is 12.8 Å². The highest BCUT2D eigenvalue weighted by atomic mass is 16.6. The van der Waals surface area contributed by atoms with Crippen LogP contribution in [0.1, 0.15) is 24.3 Å². The summed E-state index contributed by atoms with van der Waals surface area (Å²) in [6, 6.07) is 5.36. The number of nitro benzene ring substituents is 1. The second kappa shape index (κ2) is 4.95. The molecule has 0 bridgehead atoms. The number of nitrogens with zero attached hydrogens (tertiary/aromatic N) is 2. The summed E-state index contributed by atoms with van der Waals surface area (Å²) in [5, 5.41) is 21.5. The van der Waals surface area contributed by atoms with Crippen molar-refractivity contribution in [2.24, 2.45) is 0 Å². The number of rotatable bonds is 3. The topological polar surface area (TPSA) is 86.3 Å². The number of nitro groups is 2. The minimum absolute atomic E-state index is 0.00255. The Labute approximate surface area is 103 Å². The second-order valence-electron chi connectivity index (χ2n) is 4.25. The second-order valence-corrected chi connectivity index (χ2v) is 4.25. The van der Waals surface area contributed by atoms with E-state index in [1.54, 1.807) is 12.1 Å². The SMILES string of the molecule is O=[N+]([O-])c1ccc([C@H]2CC=CC[C@@H]2[N+](=O)[O-])cc1. The Morgan fingerprint density at radius 2 is 1.61 bits per heavy atom. The number of benzene rings is 1. The largest absolute Gasteiger partial charge is 0.269 e. The molecule has 2 rings (SSSR count). The molecule has 1 aromatic carbocycles. The average Bonchev–Trinajstić information content (AvgIpc) is 2.39. The summed E-state index contributed by atoms with van der Waals surface area (Å²) in [7, 11) is 0. The molecule has 6 heteroatoms. The maximum absolute atomic E-state index is 11.0. The van der Waals surface area contributed by atoms with Crippen LogP contribution in [0.15, 0.2) is 36.4 Å². The van der Waals surface area contributed by atoms with Crippen LogP contribution in [0.25, 0.3) is 0 Å². The van der Waals surface area contributed by atoms with Gasteiger partial charge in [-0.2, -0.15) is 0 Å². The Morgan fingerprint density at radius 3 is 2.17 bits per heavy atom. The predicted octanol–water partition coefficient (Wildman–Crippen LogP) is 2.67. The van der Waals surface area contributed by atoms with Crippen molar-refractivity contribution in [2.75, 3.05) is 0 Å². The molecule has 0 aromatic heterocycles. The number of hydrogen-bond donors (Lipinski definition) is 0. The van der Waals surface area contributed by atoms with Crippen LogP contribution in [0.5, 0.6) is 0 Å². The average molecular weight is 248 g/mol. The van der Waals surface area contributed by atoms with Gasteiger partial charge in [-0.3, -0.25) is 20.2 Å². The summed E-state index contributed by atoms with van der Waals surface area (Å²) in [5.41, 5.74) is 0.786. The molecule has 0 radical (unpaired) electrons. The van der Waals surface area contributed by atoms with Gasteiger partial charge in [-0.05, 0) is 12.0 Å². The van der Waals surface area contributed by atoms with Crippen molar-refractivity contribution in [1.29, 1.82) is 0 Å². The highest BCUT2D eigenvalue weighted by Crippen LogP contribution is 2.32. The molecule has 0 unspecified atom stereocenters. The molecular formula is C12H12N2O4. The molecule has 0 heterocycles. The Balaban J connectivity index is 2.26.